The van der Waals surface area contributed by atoms with E-state index in [0.717, 1.165) is 9.99 Å². The first-order chi connectivity index (χ1) is 6.18. The van der Waals surface area contributed by atoms with E-state index in [4.69, 9.17) is 0 Å². The van der Waals surface area contributed by atoms with Gasteiger partial charge >= 0.3 is 0 Å². The summed E-state index contributed by atoms with van der Waals surface area (Å²) in [4.78, 5) is 11.5. The molecule has 5 heteroatoms. The quantitative estimate of drug-likeness (QED) is 0.803. The van der Waals surface area contributed by atoms with Crippen LogP contribution in [0.5, 0.6) is 0 Å². The van der Waals surface area contributed by atoms with Crippen molar-refractivity contribution in [2.75, 3.05) is 0 Å². The van der Waals surface area contributed by atoms with Gasteiger partial charge in [0.25, 0.3) is 5.91 Å². The van der Waals surface area contributed by atoms with Gasteiger partial charge in [0.05, 0.1) is 9.77 Å². The van der Waals surface area contributed by atoms with Gasteiger partial charge in [0, 0.05) is 6.04 Å². The van der Waals surface area contributed by atoms with E-state index in [9.17, 15) is 4.79 Å². The first-order valence-corrected chi connectivity index (χ1v) is 5.26. The fourth-order valence-electron chi connectivity index (χ4n) is 1.19. The van der Waals surface area contributed by atoms with Crippen molar-refractivity contribution >= 4 is 28.5 Å². The van der Waals surface area contributed by atoms with Gasteiger partial charge in [-0.2, -0.15) is 5.10 Å². The molecule has 0 bridgehead atoms. The third kappa shape index (κ3) is 1.84. The van der Waals surface area contributed by atoms with Crippen molar-refractivity contribution in [2.24, 2.45) is 5.92 Å². The Morgan fingerprint density at radius 2 is 2.54 bits per heavy atom. The Kier molecular flexibility index (Phi) is 2.27. The molecule has 2 rings (SSSR count). The van der Waals surface area contributed by atoms with Gasteiger partial charge in [-0.15, -0.1) is 0 Å². The molecule has 2 N–H and O–H groups in total. The summed E-state index contributed by atoms with van der Waals surface area (Å²) in [6.45, 7) is 2.13. The molecule has 1 aliphatic carbocycles. The van der Waals surface area contributed by atoms with Crippen LogP contribution in [-0.4, -0.2) is 22.1 Å². The third-order valence-corrected chi connectivity index (χ3v) is 3.06. The summed E-state index contributed by atoms with van der Waals surface area (Å²) in [5.41, 5.74) is 0.569. The SMILES string of the molecule is C[C@@H]1C[C@H]1NC(=O)c1[nH]ncc1I. The minimum atomic E-state index is -0.0451. The van der Waals surface area contributed by atoms with E-state index < -0.39 is 0 Å². The van der Waals surface area contributed by atoms with Gasteiger partial charge in [0.2, 0.25) is 0 Å². The highest BCUT2D eigenvalue weighted by molar-refractivity contribution is 14.1. The zero-order valence-electron chi connectivity index (χ0n) is 7.17. The van der Waals surface area contributed by atoms with Crippen molar-refractivity contribution in [1.82, 2.24) is 15.5 Å². The lowest BCUT2D eigenvalue weighted by Crippen LogP contribution is -2.27. The molecule has 2 atom stereocenters. The predicted molar refractivity (Wildman–Crippen MR) is 56.3 cm³/mol. The summed E-state index contributed by atoms with van der Waals surface area (Å²) in [7, 11) is 0. The van der Waals surface area contributed by atoms with Gasteiger partial charge in [-0.25, -0.2) is 0 Å². The molecule has 1 saturated carbocycles. The van der Waals surface area contributed by atoms with Gasteiger partial charge in [0.15, 0.2) is 0 Å². The second-order valence-corrected chi connectivity index (χ2v) is 4.55. The summed E-state index contributed by atoms with van der Waals surface area (Å²) < 4.78 is 0.864. The molecule has 0 unspecified atom stereocenters. The number of carbonyl (C=O) groups excluding carboxylic acids is 1. The molecule has 1 heterocycles. The Balaban J connectivity index is 2.01. The molecule has 1 aromatic heterocycles. The molecular weight excluding hydrogens is 281 g/mol. The average molecular weight is 291 g/mol. The van der Waals surface area contributed by atoms with Crippen LogP contribution in [0.4, 0.5) is 0 Å². The first kappa shape index (κ1) is 8.98. The maximum Gasteiger partial charge on any atom is 0.270 e. The number of aromatic amines is 1. The van der Waals surface area contributed by atoms with Gasteiger partial charge in [0.1, 0.15) is 5.69 Å². The highest BCUT2D eigenvalue weighted by Gasteiger charge is 2.34. The van der Waals surface area contributed by atoms with E-state index >= 15 is 0 Å². The van der Waals surface area contributed by atoms with E-state index in [0.29, 0.717) is 17.7 Å². The summed E-state index contributed by atoms with van der Waals surface area (Å²) in [5, 5.41) is 9.41. The van der Waals surface area contributed by atoms with Crippen LogP contribution in [0.1, 0.15) is 23.8 Å². The van der Waals surface area contributed by atoms with Gasteiger partial charge in [-0.3, -0.25) is 9.89 Å². The molecule has 4 nitrogen and oxygen atoms in total. The van der Waals surface area contributed by atoms with E-state index in [1.807, 2.05) is 0 Å². The molecule has 0 saturated heterocycles. The summed E-state index contributed by atoms with van der Waals surface area (Å²) >= 11 is 2.09. The van der Waals surface area contributed by atoms with Crippen LogP contribution < -0.4 is 5.32 Å². The topological polar surface area (TPSA) is 57.8 Å². The molecule has 70 valence electrons. The zero-order valence-corrected chi connectivity index (χ0v) is 9.33. The van der Waals surface area contributed by atoms with Crippen LogP contribution in [0.3, 0.4) is 0 Å². The van der Waals surface area contributed by atoms with Crippen molar-refractivity contribution in [2.45, 2.75) is 19.4 Å². The Morgan fingerprint density at radius 3 is 3.00 bits per heavy atom. The Hall–Kier alpha value is -0.590. The second kappa shape index (κ2) is 3.28. The molecule has 0 radical (unpaired) electrons. The molecule has 1 fully saturated rings. The number of aromatic nitrogens is 2. The maximum atomic E-state index is 11.5. The summed E-state index contributed by atoms with van der Waals surface area (Å²) in [6.07, 6.45) is 2.74. The number of nitrogens with zero attached hydrogens (tertiary/aromatic N) is 1. The minimum Gasteiger partial charge on any atom is -0.348 e. The van der Waals surface area contributed by atoms with Crippen molar-refractivity contribution in [3.63, 3.8) is 0 Å². The number of nitrogens with one attached hydrogen (secondary N) is 2. The molecule has 1 amide bonds. The lowest BCUT2D eigenvalue weighted by Gasteiger charge is -2.00. The Bertz CT molecular complexity index is 336. The van der Waals surface area contributed by atoms with Crippen LogP contribution >= 0.6 is 22.6 Å². The second-order valence-electron chi connectivity index (χ2n) is 3.39. The number of H-pyrrole nitrogens is 1. The molecule has 1 aliphatic rings. The number of hydrogen-bond acceptors (Lipinski definition) is 2. The molecule has 0 aromatic carbocycles. The lowest BCUT2D eigenvalue weighted by atomic mass is 10.4. The first-order valence-electron chi connectivity index (χ1n) is 4.18. The monoisotopic (exact) mass is 291 g/mol. The van der Waals surface area contributed by atoms with E-state index in [1.54, 1.807) is 6.20 Å². The minimum absolute atomic E-state index is 0.0451. The van der Waals surface area contributed by atoms with Crippen LogP contribution in [0, 0.1) is 9.49 Å². The molecule has 0 spiro atoms. The lowest BCUT2D eigenvalue weighted by molar-refractivity contribution is 0.0943. The molecule has 0 aliphatic heterocycles. The molecule has 13 heavy (non-hydrogen) atoms. The van der Waals surface area contributed by atoms with Crippen molar-refractivity contribution in [1.29, 1.82) is 0 Å². The number of hydrogen-bond donors (Lipinski definition) is 2. The fraction of sp³-hybridized carbons (Fsp3) is 0.500. The number of amides is 1. The van der Waals surface area contributed by atoms with Crippen molar-refractivity contribution < 1.29 is 4.79 Å². The average Bonchev–Trinajstić information content (AvgIpc) is 2.62. The van der Waals surface area contributed by atoms with Gasteiger partial charge in [-0.1, -0.05) is 6.92 Å². The Labute approximate surface area is 89.6 Å². The van der Waals surface area contributed by atoms with Crippen LogP contribution in [0.15, 0.2) is 6.20 Å². The van der Waals surface area contributed by atoms with Crippen LogP contribution in [0.25, 0.3) is 0 Å². The van der Waals surface area contributed by atoms with Crippen LogP contribution in [-0.2, 0) is 0 Å². The number of carbonyl (C=O) groups is 1. The normalized spacial score (nSPS) is 25.7. The highest BCUT2D eigenvalue weighted by atomic mass is 127. The van der Waals surface area contributed by atoms with Crippen LogP contribution in [0.2, 0.25) is 0 Å². The van der Waals surface area contributed by atoms with Crippen molar-refractivity contribution in [3.8, 4) is 0 Å². The van der Waals surface area contributed by atoms with E-state index in [2.05, 4.69) is 45.0 Å². The van der Waals surface area contributed by atoms with Gasteiger partial charge in [-0.05, 0) is 34.9 Å². The molecule has 1 aromatic rings. The van der Waals surface area contributed by atoms with E-state index in [1.165, 1.54) is 0 Å². The standard InChI is InChI=1S/C8H10IN3O/c1-4-2-6(4)11-8(13)7-5(9)3-10-12-7/h3-4,6H,2H2,1H3,(H,10,12)(H,11,13)/t4-,6-/m1/s1. The summed E-state index contributed by atoms with van der Waals surface area (Å²) in [5.74, 6) is 0.584. The Morgan fingerprint density at radius 1 is 1.85 bits per heavy atom. The van der Waals surface area contributed by atoms with E-state index in [-0.39, 0.29) is 5.91 Å². The third-order valence-electron chi connectivity index (χ3n) is 2.25. The zero-order chi connectivity index (χ0) is 9.42. The highest BCUT2D eigenvalue weighted by Crippen LogP contribution is 2.29. The molecular formula is C8H10IN3O. The van der Waals surface area contributed by atoms with Crippen molar-refractivity contribution in [3.05, 3.63) is 15.5 Å². The summed E-state index contributed by atoms with van der Waals surface area (Å²) in [6, 6.07) is 0.367. The smallest absolute Gasteiger partial charge is 0.270 e. The fourth-order valence-corrected chi connectivity index (χ4v) is 1.70. The largest absolute Gasteiger partial charge is 0.348 e. The van der Waals surface area contributed by atoms with Gasteiger partial charge < -0.3 is 5.32 Å². The number of rotatable bonds is 2. The number of halogens is 1. The maximum absolute atomic E-state index is 11.5. The predicted octanol–water partition coefficient (Wildman–Crippen LogP) is 1.15.